The van der Waals surface area contributed by atoms with Gasteiger partial charge in [0.15, 0.2) is 0 Å². The van der Waals surface area contributed by atoms with Crippen molar-refractivity contribution in [3.05, 3.63) is 74.6 Å². The highest BCUT2D eigenvalue weighted by Crippen LogP contribution is 2.37. The van der Waals surface area contributed by atoms with Crippen LogP contribution in [0.5, 0.6) is 0 Å². The van der Waals surface area contributed by atoms with Crippen molar-refractivity contribution in [2.45, 2.75) is 13.8 Å². The summed E-state index contributed by atoms with van der Waals surface area (Å²) in [6, 6.07) is 12.4. The number of halogens is 2. The molecule has 0 unspecified atom stereocenters. The Balaban J connectivity index is 1.99. The third kappa shape index (κ3) is 4.38. The smallest absolute Gasteiger partial charge is 0.341 e. The lowest BCUT2D eigenvalue weighted by Crippen LogP contribution is -2.15. The van der Waals surface area contributed by atoms with E-state index in [2.05, 4.69) is 5.32 Å². The molecule has 2 aromatic carbocycles. The van der Waals surface area contributed by atoms with Crippen molar-refractivity contribution in [1.29, 1.82) is 0 Å². The quantitative estimate of drug-likeness (QED) is 0.469. The van der Waals surface area contributed by atoms with Gasteiger partial charge in [0.05, 0.1) is 17.2 Å². The maximum atomic E-state index is 12.7. The van der Waals surface area contributed by atoms with Crippen LogP contribution in [0.25, 0.3) is 11.1 Å². The molecule has 1 amide bonds. The molecule has 144 valence electrons. The highest BCUT2D eigenvalue weighted by molar-refractivity contribution is 7.15. The molecule has 1 aromatic heterocycles. The average Bonchev–Trinajstić information content (AvgIpc) is 3.06. The van der Waals surface area contributed by atoms with Crippen LogP contribution >= 0.6 is 34.5 Å². The topological polar surface area (TPSA) is 55.4 Å². The first-order valence-electron chi connectivity index (χ1n) is 8.52. The maximum Gasteiger partial charge on any atom is 0.341 e. The van der Waals surface area contributed by atoms with E-state index in [1.807, 2.05) is 36.6 Å². The molecule has 0 aliphatic carbocycles. The Labute approximate surface area is 177 Å². The summed E-state index contributed by atoms with van der Waals surface area (Å²) in [6.45, 7) is 3.96. The molecular weight excluding hydrogens is 417 g/mol. The molecule has 3 aromatic rings. The number of hydrogen-bond acceptors (Lipinski definition) is 4. The Kier molecular flexibility index (Phi) is 6.39. The number of thiophene rings is 1. The summed E-state index contributed by atoms with van der Waals surface area (Å²) in [5.41, 5.74) is 3.29. The predicted octanol–water partition coefficient (Wildman–Crippen LogP) is 6.46. The normalized spacial score (nSPS) is 10.6. The van der Waals surface area contributed by atoms with E-state index in [0.717, 1.165) is 11.1 Å². The van der Waals surface area contributed by atoms with Gasteiger partial charge in [0.2, 0.25) is 0 Å². The van der Waals surface area contributed by atoms with Gasteiger partial charge in [0.1, 0.15) is 10.6 Å². The second-order valence-corrected chi connectivity index (χ2v) is 7.74. The van der Waals surface area contributed by atoms with E-state index in [1.54, 1.807) is 19.1 Å². The van der Waals surface area contributed by atoms with Gasteiger partial charge in [-0.15, -0.1) is 11.3 Å². The van der Waals surface area contributed by atoms with Crippen LogP contribution in [0.1, 0.15) is 33.2 Å². The largest absolute Gasteiger partial charge is 0.462 e. The van der Waals surface area contributed by atoms with Crippen LogP contribution in [0.15, 0.2) is 47.8 Å². The molecule has 0 saturated carbocycles. The Bertz CT molecular complexity index is 1030. The van der Waals surface area contributed by atoms with Gasteiger partial charge in [-0.1, -0.05) is 53.0 Å². The number of benzene rings is 2. The number of carbonyl (C=O) groups is 2. The lowest BCUT2D eigenvalue weighted by atomic mass is 10.0. The molecule has 0 bridgehead atoms. The second-order valence-electron chi connectivity index (χ2n) is 6.02. The molecule has 0 saturated heterocycles. The van der Waals surface area contributed by atoms with Gasteiger partial charge in [-0.3, -0.25) is 4.79 Å². The third-order valence-electron chi connectivity index (χ3n) is 4.04. The molecular formula is C21H17Cl2NO3S. The van der Waals surface area contributed by atoms with Gasteiger partial charge in [-0.2, -0.15) is 0 Å². The summed E-state index contributed by atoms with van der Waals surface area (Å²) in [4.78, 5) is 25.3. The van der Waals surface area contributed by atoms with Gasteiger partial charge in [0.25, 0.3) is 5.91 Å². The maximum absolute atomic E-state index is 12.7. The minimum Gasteiger partial charge on any atom is -0.462 e. The summed E-state index contributed by atoms with van der Waals surface area (Å²) in [6.07, 6.45) is 0. The average molecular weight is 434 g/mol. The highest BCUT2D eigenvalue weighted by Gasteiger charge is 2.23. The standard InChI is InChI=1S/C21H17Cl2NO3S/c1-3-27-21(26)18-16(13-6-4-12(2)5-7-13)11-28-20(18)24-19(25)15-9-8-14(22)10-17(15)23/h4-11H,3H2,1-2H3,(H,24,25). The SMILES string of the molecule is CCOC(=O)c1c(-c2ccc(C)cc2)csc1NC(=O)c1ccc(Cl)cc1Cl. The van der Waals surface area contributed by atoms with E-state index in [4.69, 9.17) is 27.9 Å². The zero-order chi connectivity index (χ0) is 20.3. The molecule has 0 atom stereocenters. The molecule has 4 nitrogen and oxygen atoms in total. The van der Waals surface area contributed by atoms with Crippen LogP contribution in [0.3, 0.4) is 0 Å². The van der Waals surface area contributed by atoms with Gasteiger partial charge in [-0.25, -0.2) is 4.79 Å². The Morgan fingerprint density at radius 3 is 2.46 bits per heavy atom. The van der Waals surface area contributed by atoms with Gasteiger partial charge >= 0.3 is 5.97 Å². The van der Waals surface area contributed by atoms with Crippen molar-refractivity contribution in [1.82, 2.24) is 0 Å². The zero-order valence-electron chi connectivity index (χ0n) is 15.2. The fourth-order valence-electron chi connectivity index (χ4n) is 2.65. The molecule has 0 radical (unpaired) electrons. The molecule has 7 heteroatoms. The van der Waals surface area contributed by atoms with Crippen LogP contribution in [0, 0.1) is 6.92 Å². The summed E-state index contributed by atoms with van der Waals surface area (Å²) in [5, 5.41) is 5.69. The summed E-state index contributed by atoms with van der Waals surface area (Å²) in [5.74, 6) is -0.915. The lowest BCUT2D eigenvalue weighted by Gasteiger charge is -2.10. The number of aryl methyl sites for hydroxylation is 1. The van der Waals surface area contributed by atoms with Crippen LogP contribution in [-0.4, -0.2) is 18.5 Å². The zero-order valence-corrected chi connectivity index (χ0v) is 17.5. The number of rotatable bonds is 5. The van der Waals surface area contributed by atoms with E-state index in [9.17, 15) is 9.59 Å². The fourth-order valence-corrected chi connectivity index (χ4v) is 4.09. The lowest BCUT2D eigenvalue weighted by molar-refractivity contribution is 0.0529. The van der Waals surface area contributed by atoms with Gasteiger partial charge in [-0.05, 0) is 37.6 Å². The molecule has 0 aliphatic heterocycles. The Morgan fingerprint density at radius 1 is 1.11 bits per heavy atom. The predicted molar refractivity (Wildman–Crippen MR) is 115 cm³/mol. The van der Waals surface area contributed by atoms with Crippen molar-refractivity contribution in [3.63, 3.8) is 0 Å². The first-order chi connectivity index (χ1) is 13.4. The Morgan fingerprint density at radius 2 is 1.82 bits per heavy atom. The van der Waals surface area contributed by atoms with E-state index in [0.29, 0.717) is 21.2 Å². The summed E-state index contributed by atoms with van der Waals surface area (Å²) < 4.78 is 5.21. The Hall–Kier alpha value is -2.34. The molecule has 3 rings (SSSR count). The highest BCUT2D eigenvalue weighted by atomic mass is 35.5. The van der Waals surface area contributed by atoms with Gasteiger partial charge in [0, 0.05) is 16.0 Å². The van der Waals surface area contributed by atoms with Crippen molar-refractivity contribution in [3.8, 4) is 11.1 Å². The van der Waals surface area contributed by atoms with Crippen LogP contribution in [0.2, 0.25) is 10.0 Å². The third-order valence-corrected chi connectivity index (χ3v) is 5.48. The number of carbonyl (C=O) groups excluding carboxylic acids is 2. The number of nitrogens with one attached hydrogen (secondary N) is 1. The van der Waals surface area contributed by atoms with Crippen LogP contribution in [0.4, 0.5) is 5.00 Å². The molecule has 28 heavy (non-hydrogen) atoms. The monoisotopic (exact) mass is 433 g/mol. The summed E-state index contributed by atoms with van der Waals surface area (Å²) >= 11 is 13.3. The van der Waals surface area contributed by atoms with Gasteiger partial charge < -0.3 is 10.1 Å². The van der Waals surface area contributed by atoms with Crippen LogP contribution in [-0.2, 0) is 4.74 Å². The molecule has 1 N–H and O–H groups in total. The molecule has 0 spiro atoms. The molecule has 0 aliphatic rings. The molecule has 0 fully saturated rings. The first-order valence-corrected chi connectivity index (χ1v) is 10.2. The number of amides is 1. The van der Waals surface area contributed by atoms with E-state index >= 15 is 0 Å². The number of ether oxygens (including phenoxy) is 1. The van der Waals surface area contributed by atoms with E-state index in [-0.39, 0.29) is 17.2 Å². The number of hydrogen-bond donors (Lipinski definition) is 1. The van der Waals surface area contributed by atoms with Crippen molar-refractivity contribution < 1.29 is 14.3 Å². The van der Waals surface area contributed by atoms with Crippen molar-refractivity contribution in [2.75, 3.05) is 11.9 Å². The van der Waals surface area contributed by atoms with E-state index < -0.39 is 11.9 Å². The fraction of sp³-hybridized carbons (Fsp3) is 0.143. The van der Waals surface area contributed by atoms with Crippen molar-refractivity contribution >= 4 is 51.4 Å². The minimum atomic E-state index is -0.489. The second kappa shape index (κ2) is 8.78. The van der Waals surface area contributed by atoms with Crippen molar-refractivity contribution in [2.24, 2.45) is 0 Å². The summed E-state index contributed by atoms with van der Waals surface area (Å²) in [7, 11) is 0. The first kappa shape index (κ1) is 20.4. The van der Waals surface area contributed by atoms with Crippen LogP contribution < -0.4 is 5.32 Å². The van der Waals surface area contributed by atoms with E-state index in [1.165, 1.54) is 17.4 Å². The minimum absolute atomic E-state index is 0.234. The number of esters is 1. The number of anilines is 1. The molecule has 1 heterocycles.